The van der Waals surface area contributed by atoms with Crippen LogP contribution in [0.15, 0.2) is 53.6 Å². The first kappa shape index (κ1) is 18.2. The first-order valence-electron chi connectivity index (χ1n) is 9.45. The molecule has 0 saturated carbocycles. The molecule has 7 nitrogen and oxygen atoms in total. The molecular weight excluding hydrogens is 356 g/mol. The van der Waals surface area contributed by atoms with E-state index >= 15 is 0 Å². The van der Waals surface area contributed by atoms with Crippen LogP contribution < -0.4 is 9.64 Å². The molecule has 2 heterocycles. The minimum Gasteiger partial charge on any atom is -0.494 e. The highest BCUT2D eigenvalue weighted by molar-refractivity contribution is 6.31. The van der Waals surface area contributed by atoms with Crippen molar-refractivity contribution in [1.82, 2.24) is 4.90 Å². The van der Waals surface area contributed by atoms with E-state index < -0.39 is 18.1 Å². The van der Waals surface area contributed by atoms with E-state index in [4.69, 9.17) is 4.74 Å². The van der Waals surface area contributed by atoms with Gasteiger partial charge in [0.15, 0.2) is 0 Å². The van der Waals surface area contributed by atoms with Gasteiger partial charge in [0.2, 0.25) is 6.54 Å². The van der Waals surface area contributed by atoms with Crippen LogP contribution in [0.5, 0.6) is 5.75 Å². The number of benzene rings is 2. The number of hydrogen-bond donors (Lipinski definition) is 0. The van der Waals surface area contributed by atoms with Crippen molar-refractivity contribution >= 4 is 17.5 Å². The van der Waals surface area contributed by atoms with Crippen LogP contribution in [0.1, 0.15) is 18.1 Å². The highest BCUT2D eigenvalue weighted by Gasteiger charge is 2.49. The van der Waals surface area contributed by atoms with E-state index in [9.17, 15) is 9.59 Å². The highest BCUT2D eigenvalue weighted by Crippen LogP contribution is 2.29. The zero-order valence-corrected chi connectivity index (χ0v) is 16.0. The second-order valence-corrected chi connectivity index (χ2v) is 6.87. The van der Waals surface area contributed by atoms with Crippen LogP contribution in [0, 0.1) is 6.92 Å². The van der Waals surface area contributed by atoms with E-state index in [1.807, 2.05) is 67.3 Å². The fourth-order valence-electron chi connectivity index (χ4n) is 3.58. The van der Waals surface area contributed by atoms with Crippen molar-refractivity contribution in [3.63, 3.8) is 0 Å². The van der Waals surface area contributed by atoms with Crippen molar-refractivity contribution in [2.24, 2.45) is 5.11 Å². The molecule has 4 rings (SSSR count). The lowest BCUT2D eigenvalue weighted by Gasteiger charge is -2.27. The Morgan fingerprint density at radius 1 is 1.07 bits per heavy atom. The van der Waals surface area contributed by atoms with Crippen LogP contribution in [0.25, 0.3) is 0 Å². The van der Waals surface area contributed by atoms with Gasteiger partial charge in [0.05, 0.1) is 6.61 Å². The van der Waals surface area contributed by atoms with Gasteiger partial charge in [-0.05, 0) is 48.4 Å². The summed E-state index contributed by atoms with van der Waals surface area (Å²) in [6.45, 7) is 5.93. The van der Waals surface area contributed by atoms with Crippen LogP contribution in [-0.2, 0) is 16.1 Å². The maximum absolute atomic E-state index is 12.6. The molecule has 1 unspecified atom stereocenters. The number of ether oxygens (including phenoxy) is 1. The highest BCUT2D eigenvalue weighted by atomic mass is 16.5. The van der Waals surface area contributed by atoms with E-state index in [0.717, 1.165) is 22.6 Å². The van der Waals surface area contributed by atoms with Crippen LogP contribution in [0.2, 0.25) is 0 Å². The average molecular weight is 379 g/mol. The van der Waals surface area contributed by atoms with Crippen LogP contribution >= 0.6 is 0 Å². The Morgan fingerprint density at radius 3 is 2.50 bits per heavy atom. The van der Waals surface area contributed by atoms with Gasteiger partial charge in [0, 0.05) is 29.5 Å². The van der Waals surface area contributed by atoms with Gasteiger partial charge >= 0.3 is 11.8 Å². The third-order valence-electron chi connectivity index (χ3n) is 5.12. The third-order valence-corrected chi connectivity index (χ3v) is 5.12. The van der Waals surface area contributed by atoms with Gasteiger partial charge < -0.3 is 9.64 Å². The van der Waals surface area contributed by atoms with Gasteiger partial charge in [-0.3, -0.25) is 9.69 Å². The van der Waals surface area contributed by atoms with E-state index in [1.165, 1.54) is 9.60 Å². The Hall–Kier alpha value is -3.22. The predicted molar refractivity (Wildman–Crippen MR) is 103 cm³/mol. The van der Waals surface area contributed by atoms with Crippen LogP contribution in [0.3, 0.4) is 0 Å². The van der Waals surface area contributed by atoms with E-state index in [2.05, 4.69) is 5.11 Å². The van der Waals surface area contributed by atoms with Crippen molar-refractivity contribution < 1.29 is 19.0 Å². The zero-order chi connectivity index (χ0) is 19.7. The molecule has 0 spiro atoms. The van der Waals surface area contributed by atoms with E-state index in [-0.39, 0.29) is 0 Å². The molecule has 1 saturated heterocycles. The standard InChI is InChI=1S/C21H23N4O3/c1-3-28-18-10-8-17(9-11-18)23-12-13-24-19(26)20(27)25(22-21(23)24)14-16-7-5-4-6-15(16)2/h4-11,21H,3,12-14H2,1-2H3/q+1. The molecule has 144 valence electrons. The summed E-state index contributed by atoms with van der Waals surface area (Å²) in [6, 6.07) is 15.5. The zero-order valence-electron chi connectivity index (χ0n) is 16.0. The number of carbonyl (C=O) groups is 2. The Labute approximate surface area is 163 Å². The number of azo groups is 2. The third kappa shape index (κ3) is 3.24. The number of carbonyl (C=O) groups excluding carboxylic acids is 2. The van der Waals surface area contributed by atoms with E-state index in [1.54, 1.807) is 0 Å². The summed E-state index contributed by atoms with van der Waals surface area (Å²) >= 11 is 0. The van der Waals surface area contributed by atoms with Crippen molar-refractivity contribution in [2.75, 3.05) is 24.6 Å². The number of amides is 2. The molecule has 0 radical (unpaired) electrons. The van der Waals surface area contributed by atoms with Crippen LogP contribution in [-0.4, -0.2) is 47.4 Å². The SMILES string of the molecule is CCOc1ccc(N2CCN3C(=O)C(=O)[N+](Cc4ccccc4C)=NC32)cc1. The summed E-state index contributed by atoms with van der Waals surface area (Å²) < 4.78 is 6.80. The molecule has 0 bridgehead atoms. The van der Waals surface area contributed by atoms with Gasteiger partial charge in [-0.2, -0.15) is 0 Å². The predicted octanol–water partition coefficient (Wildman–Crippen LogP) is 2.53. The Kier molecular flexibility index (Phi) is 4.81. The first-order chi connectivity index (χ1) is 13.6. The maximum Gasteiger partial charge on any atom is 0.502 e. The second kappa shape index (κ2) is 7.42. The molecule has 0 N–H and O–H groups in total. The summed E-state index contributed by atoms with van der Waals surface area (Å²) in [5, 5.41) is 4.61. The number of aryl methyl sites for hydroxylation is 1. The quantitative estimate of drug-likeness (QED) is 0.592. The number of nitrogens with zero attached hydrogens (tertiary/aromatic N) is 4. The lowest BCUT2D eigenvalue weighted by molar-refractivity contribution is -0.534. The molecule has 28 heavy (non-hydrogen) atoms. The summed E-state index contributed by atoms with van der Waals surface area (Å²) in [5.74, 6) is -0.273. The van der Waals surface area contributed by atoms with Gasteiger partial charge in [-0.25, -0.2) is 4.79 Å². The van der Waals surface area contributed by atoms with Gasteiger partial charge in [-0.1, -0.05) is 24.3 Å². The number of hydrogen-bond acceptors (Lipinski definition) is 5. The summed E-state index contributed by atoms with van der Waals surface area (Å²) in [6.07, 6.45) is -0.507. The summed E-state index contributed by atoms with van der Waals surface area (Å²) in [7, 11) is 0. The fraction of sp³-hybridized carbons (Fsp3) is 0.333. The van der Waals surface area contributed by atoms with Crippen molar-refractivity contribution in [1.29, 1.82) is 0 Å². The summed E-state index contributed by atoms with van der Waals surface area (Å²) in [5.41, 5.74) is 2.99. The van der Waals surface area contributed by atoms with Crippen molar-refractivity contribution in [2.45, 2.75) is 26.7 Å². The smallest absolute Gasteiger partial charge is 0.494 e. The fourth-order valence-corrected chi connectivity index (χ4v) is 3.58. The monoisotopic (exact) mass is 379 g/mol. The lowest BCUT2D eigenvalue weighted by Crippen LogP contribution is -2.51. The largest absolute Gasteiger partial charge is 0.502 e. The first-order valence-corrected chi connectivity index (χ1v) is 9.45. The Morgan fingerprint density at radius 2 is 1.79 bits per heavy atom. The average Bonchev–Trinajstić information content (AvgIpc) is 3.12. The topological polar surface area (TPSA) is 65.2 Å². The molecule has 1 atom stereocenters. The molecule has 1 fully saturated rings. The lowest BCUT2D eigenvalue weighted by atomic mass is 10.1. The molecule has 2 aliphatic rings. The molecule has 2 amide bonds. The molecule has 0 aliphatic carbocycles. The van der Waals surface area contributed by atoms with Gasteiger partial charge in [-0.15, -0.1) is 0 Å². The normalized spacial score (nSPS) is 18.9. The van der Waals surface area contributed by atoms with Crippen molar-refractivity contribution in [3.8, 4) is 5.75 Å². The van der Waals surface area contributed by atoms with Crippen molar-refractivity contribution in [3.05, 3.63) is 59.7 Å². The Balaban J connectivity index is 1.63. The van der Waals surface area contributed by atoms with Gasteiger partial charge in [0.1, 0.15) is 5.75 Å². The molecule has 0 aromatic heterocycles. The number of anilines is 1. The number of rotatable bonds is 5. The molecule has 2 aromatic carbocycles. The molecule has 2 aliphatic heterocycles. The summed E-state index contributed by atoms with van der Waals surface area (Å²) in [4.78, 5) is 28.8. The molecule has 7 heteroatoms. The molecule has 2 aromatic rings. The number of fused-ring (bicyclic) bond motifs is 1. The van der Waals surface area contributed by atoms with Crippen LogP contribution in [0.4, 0.5) is 5.69 Å². The maximum atomic E-state index is 12.6. The van der Waals surface area contributed by atoms with E-state index in [0.29, 0.717) is 26.2 Å². The van der Waals surface area contributed by atoms with Gasteiger partial charge in [0.25, 0.3) is 6.29 Å². The second-order valence-electron chi connectivity index (χ2n) is 6.87. The Bertz CT molecular complexity index is 939. The minimum absolute atomic E-state index is 0.290. The molecular formula is C21H23N4O3+. The minimum atomic E-state index is -0.576.